The van der Waals surface area contributed by atoms with Crippen molar-refractivity contribution in [2.24, 2.45) is 0 Å². The van der Waals surface area contributed by atoms with Crippen molar-refractivity contribution in [2.75, 3.05) is 0 Å². The molecular weight excluding hydrogens is 292 g/mol. The topological polar surface area (TPSA) is 9.23 Å². The van der Waals surface area contributed by atoms with Crippen LogP contribution in [-0.2, 0) is 19.4 Å². The molecule has 0 N–H and O–H groups in total. The zero-order valence-corrected chi connectivity index (χ0v) is 15.0. The normalized spacial score (nSPS) is 14.6. The van der Waals surface area contributed by atoms with Crippen LogP contribution in [0, 0.1) is 0 Å². The smallest absolute Gasteiger partial charge is 0.123 e. The van der Waals surface area contributed by atoms with Crippen molar-refractivity contribution in [3.63, 3.8) is 0 Å². The minimum absolute atomic E-state index is 0.555. The molecule has 1 aliphatic rings. The predicted octanol–water partition coefficient (Wildman–Crippen LogP) is 6.21. The van der Waals surface area contributed by atoms with Crippen LogP contribution in [0.4, 0.5) is 0 Å². The van der Waals surface area contributed by atoms with Crippen molar-refractivity contribution in [1.82, 2.24) is 0 Å². The van der Waals surface area contributed by atoms with Gasteiger partial charge in [-0.2, -0.15) is 0 Å². The van der Waals surface area contributed by atoms with E-state index in [2.05, 4.69) is 62.9 Å². The van der Waals surface area contributed by atoms with Gasteiger partial charge in [0.25, 0.3) is 0 Å². The summed E-state index contributed by atoms with van der Waals surface area (Å²) < 4.78 is 6.21. The standard InChI is InChI=1S/C23H28O/c1-4-7-20(14-17(2)3)21-13-12-19-11-10-18-8-5-6-9-22(18)16-24-23(19)15-21/h5-6,8-9,12-13,15,20H,2,4,7,10-11,14,16H2,1,3H3. The van der Waals surface area contributed by atoms with E-state index in [1.807, 2.05) is 0 Å². The van der Waals surface area contributed by atoms with E-state index in [0.717, 1.165) is 25.0 Å². The van der Waals surface area contributed by atoms with E-state index in [4.69, 9.17) is 4.74 Å². The first kappa shape index (κ1) is 16.8. The number of hydrogen-bond acceptors (Lipinski definition) is 1. The Morgan fingerprint density at radius 1 is 1.08 bits per heavy atom. The molecule has 0 bridgehead atoms. The maximum Gasteiger partial charge on any atom is 0.123 e. The van der Waals surface area contributed by atoms with E-state index in [9.17, 15) is 0 Å². The summed E-state index contributed by atoms with van der Waals surface area (Å²) in [6.07, 6.45) is 5.61. The summed E-state index contributed by atoms with van der Waals surface area (Å²) >= 11 is 0. The minimum atomic E-state index is 0.555. The molecule has 0 amide bonds. The fourth-order valence-corrected chi connectivity index (χ4v) is 3.69. The molecule has 1 heteroatoms. The lowest BCUT2D eigenvalue weighted by Gasteiger charge is -2.22. The average Bonchev–Trinajstić information content (AvgIpc) is 2.56. The molecule has 0 saturated carbocycles. The second-order valence-electron chi connectivity index (χ2n) is 7.07. The Morgan fingerprint density at radius 3 is 2.58 bits per heavy atom. The summed E-state index contributed by atoms with van der Waals surface area (Å²) in [4.78, 5) is 0. The fourth-order valence-electron chi connectivity index (χ4n) is 3.69. The summed E-state index contributed by atoms with van der Waals surface area (Å²) in [7, 11) is 0. The van der Waals surface area contributed by atoms with Crippen LogP contribution in [0.1, 0.15) is 61.3 Å². The molecule has 0 spiro atoms. The lowest BCUT2D eigenvalue weighted by atomic mass is 9.87. The molecule has 0 radical (unpaired) electrons. The van der Waals surface area contributed by atoms with Crippen LogP contribution in [0.25, 0.3) is 0 Å². The third kappa shape index (κ3) is 3.90. The second-order valence-corrected chi connectivity index (χ2v) is 7.07. The van der Waals surface area contributed by atoms with E-state index < -0.39 is 0 Å². The van der Waals surface area contributed by atoms with Crippen LogP contribution in [-0.4, -0.2) is 0 Å². The van der Waals surface area contributed by atoms with Crippen molar-refractivity contribution in [1.29, 1.82) is 0 Å². The Morgan fingerprint density at radius 2 is 1.83 bits per heavy atom. The van der Waals surface area contributed by atoms with E-state index in [-0.39, 0.29) is 0 Å². The highest BCUT2D eigenvalue weighted by Crippen LogP contribution is 2.33. The molecule has 126 valence electrons. The van der Waals surface area contributed by atoms with Gasteiger partial charge in [0.1, 0.15) is 12.4 Å². The molecule has 0 aliphatic carbocycles. The summed E-state index contributed by atoms with van der Waals surface area (Å²) in [5.74, 6) is 1.63. The van der Waals surface area contributed by atoms with E-state index >= 15 is 0 Å². The lowest BCUT2D eigenvalue weighted by Crippen LogP contribution is -2.08. The maximum absolute atomic E-state index is 6.21. The van der Waals surface area contributed by atoms with E-state index in [1.165, 1.54) is 40.7 Å². The van der Waals surface area contributed by atoms with E-state index in [1.54, 1.807) is 0 Å². The van der Waals surface area contributed by atoms with Crippen LogP contribution in [0.2, 0.25) is 0 Å². The van der Waals surface area contributed by atoms with Gasteiger partial charge in [0, 0.05) is 0 Å². The van der Waals surface area contributed by atoms with Gasteiger partial charge in [-0.25, -0.2) is 0 Å². The number of fused-ring (bicyclic) bond motifs is 2. The molecule has 24 heavy (non-hydrogen) atoms. The van der Waals surface area contributed by atoms with Crippen LogP contribution in [0.5, 0.6) is 5.75 Å². The summed E-state index contributed by atoms with van der Waals surface area (Å²) in [6, 6.07) is 15.5. The van der Waals surface area contributed by atoms with Crippen molar-refractivity contribution < 1.29 is 4.74 Å². The van der Waals surface area contributed by atoms with Crippen molar-refractivity contribution in [3.05, 3.63) is 76.9 Å². The number of rotatable bonds is 5. The lowest BCUT2D eigenvalue weighted by molar-refractivity contribution is 0.298. The van der Waals surface area contributed by atoms with Crippen LogP contribution in [0.3, 0.4) is 0 Å². The van der Waals surface area contributed by atoms with Gasteiger partial charge in [-0.05, 0) is 66.8 Å². The summed E-state index contributed by atoms with van der Waals surface area (Å²) in [5.41, 5.74) is 6.72. The van der Waals surface area contributed by atoms with Gasteiger partial charge in [-0.3, -0.25) is 0 Å². The van der Waals surface area contributed by atoms with Gasteiger partial charge in [0.05, 0.1) is 0 Å². The van der Waals surface area contributed by atoms with Crippen molar-refractivity contribution in [2.45, 2.75) is 58.5 Å². The van der Waals surface area contributed by atoms with Crippen molar-refractivity contribution >= 4 is 0 Å². The minimum Gasteiger partial charge on any atom is -0.489 e. The van der Waals surface area contributed by atoms with Crippen molar-refractivity contribution in [3.8, 4) is 5.75 Å². The molecule has 1 atom stereocenters. The Bertz CT molecular complexity index is 714. The Labute approximate surface area is 146 Å². The van der Waals surface area contributed by atoms with Gasteiger partial charge in [-0.15, -0.1) is 6.58 Å². The monoisotopic (exact) mass is 320 g/mol. The third-order valence-electron chi connectivity index (χ3n) is 4.96. The SMILES string of the molecule is C=C(C)CC(CCC)c1ccc2c(c1)OCc1ccccc1CC2. The largest absolute Gasteiger partial charge is 0.489 e. The number of ether oxygens (including phenoxy) is 1. The highest BCUT2D eigenvalue weighted by Gasteiger charge is 2.16. The van der Waals surface area contributed by atoms with Gasteiger partial charge >= 0.3 is 0 Å². The molecule has 1 aliphatic heterocycles. The molecule has 1 unspecified atom stereocenters. The average molecular weight is 320 g/mol. The van der Waals surface area contributed by atoms with Gasteiger partial charge < -0.3 is 4.74 Å². The van der Waals surface area contributed by atoms with Crippen LogP contribution < -0.4 is 4.74 Å². The molecule has 2 aromatic carbocycles. The molecule has 0 saturated heterocycles. The molecule has 0 fully saturated rings. The molecule has 3 rings (SSSR count). The summed E-state index contributed by atoms with van der Waals surface area (Å²) in [5, 5.41) is 0. The fraction of sp³-hybridized carbons (Fsp3) is 0.391. The zero-order chi connectivity index (χ0) is 16.9. The predicted molar refractivity (Wildman–Crippen MR) is 102 cm³/mol. The molecule has 0 aromatic heterocycles. The van der Waals surface area contributed by atoms with Gasteiger partial charge in [0.15, 0.2) is 0 Å². The number of benzene rings is 2. The number of allylic oxidation sites excluding steroid dienone is 1. The molecule has 1 nitrogen and oxygen atoms in total. The first-order chi connectivity index (χ1) is 11.7. The number of hydrogen-bond donors (Lipinski definition) is 0. The number of aryl methyl sites for hydroxylation is 2. The van der Waals surface area contributed by atoms with E-state index in [0.29, 0.717) is 12.5 Å². The maximum atomic E-state index is 6.21. The molecule has 1 heterocycles. The second kappa shape index (κ2) is 7.70. The Hall–Kier alpha value is -2.02. The first-order valence-electron chi connectivity index (χ1n) is 9.14. The highest BCUT2D eigenvalue weighted by molar-refractivity contribution is 5.41. The van der Waals surface area contributed by atoms with Gasteiger partial charge in [0.2, 0.25) is 0 Å². The molecule has 2 aromatic rings. The third-order valence-corrected chi connectivity index (χ3v) is 4.96. The summed E-state index contributed by atoms with van der Waals surface area (Å²) in [6.45, 7) is 9.17. The highest BCUT2D eigenvalue weighted by atomic mass is 16.5. The van der Waals surface area contributed by atoms with Crippen LogP contribution in [0.15, 0.2) is 54.6 Å². The quantitative estimate of drug-likeness (QED) is 0.595. The van der Waals surface area contributed by atoms with Gasteiger partial charge in [-0.1, -0.05) is 55.3 Å². The Kier molecular flexibility index (Phi) is 5.40. The zero-order valence-electron chi connectivity index (χ0n) is 15.0. The first-order valence-corrected chi connectivity index (χ1v) is 9.14. The Balaban J connectivity index is 1.85. The van der Waals surface area contributed by atoms with Crippen LogP contribution >= 0.6 is 0 Å². The molecular formula is C23H28O.